The number of thioether (sulfide) groups is 1. The smallest absolute Gasteiger partial charge is 0.268 e. The first kappa shape index (κ1) is 19.3. The van der Waals surface area contributed by atoms with Crippen LogP contribution in [0, 0.1) is 5.41 Å². The first-order valence-corrected chi connectivity index (χ1v) is 9.60. The number of hydrogen-bond donors (Lipinski definition) is 2. The minimum Gasteiger partial charge on any atom is -0.367 e. The molecular weight excluding hydrogens is 344 g/mol. The minimum absolute atomic E-state index is 0.00490. The Bertz CT molecular complexity index is 552. The van der Waals surface area contributed by atoms with Gasteiger partial charge in [-0.25, -0.2) is 4.99 Å². The molecule has 2 saturated heterocycles. The van der Waals surface area contributed by atoms with E-state index in [9.17, 15) is 9.59 Å². The molecule has 2 aliphatic rings. The quantitative estimate of drug-likeness (QED) is 0.572. The number of likely N-dealkylation sites (N-methyl/N-ethyl adjacent to an activating group) is 1. The van der Waals surface area contributed by atoms with Gasteiger partial charge in [0.15, 0.2) is 0 Å². The average molecular weight is 371 g/mol. The van der Waals surface area contributed by atoms with Crippen molar-refractivity contribution in [2.75, 3.05) is 12.8 Å². The van der Waals surface area contributed by atoms with Crippen LogP contribution in [0.2, 0.25) is 0 Å². The Kier molecular flexibility index (Phi) is 6.04. The molecule has 0 aliphatic carbocycles. The van der Waals surface area contributed by atoms with E-state index in [2.05, 4.69) is 22.3 Å². The van der Waals surface area contributed by atoms with Crippen LogP contribution in [0.25, 0.3) is 0 Å². The summed E-state index contributed by atoms with van der Waals surface area (Å²) >= 11 is 7.11. The van der Waals surface area contributed by atoms with Crippen LogP contribution < -0.4 is 10.6 Å². The summed E-state index contributed by atoms with van der Waals surface area (Å²) in [6.45, 7) is 9.34. The van der Waals surface area contributed by atoms with Gasteiger partial charge in [-0.2, -0.15) is 0 Å². The second-order valence-electron chi connectivity index (χ2n) is 7.02. The van der Waals surface area contributed by atoms with Crippen molar-refractivity contribution >= 4 is 47.5 Å². The summed E-state index contributed by atoms with van der Waals surface area (Å²) in [7, 11) is 1.83. The minimum atomic E-state index is -0.558. The van der Waals surface area contributed by atoms with Crippen molar-refractivity contribution in [3.8, 4) is 0 Å². The molecule has 24 heavy (non-hydrogen) atoms. The maximum Gasteiger partial charge on any atom is 0.268 e. The van der Waals surface area contributed by atoms with Gasteiger partial charge in [0.05, 0.1) is 16.4 Å². The summed E-state index contributed by atoms with van der Waals surface area (Å²) in [4.78, 5) is 31.4. The SMILES string of the molecule is C=NC(=O)[C@H]1N2C(=O)[C@@H](NC(=S)[C@H](C)NC)CCS[C@H]2CC1(C)C. The van der Waals surface area contributed by atoms with E-state index in [1.54, 1.807) is 16.7 Å². The topological polar surface area (TPSA) is 73.8 Å². The normalized spacial score (nSPS) is 30.2. The van der Waals surface area contributed by atoms with Gasteiger partial charge in [0.25, 0.3) is 5.91 Å². The van der Waals surface area contributed by atoms with Crippen LogP contribution in [0.5, 0.6) is 0 Å². The summed E-state index contributed by atoms with van der Waals surface area (Å²) < 4.78 is 0. The summed E-state index contributed by atoms with van der Waals surface area (Å²) in [6, 6.07) is -0.973. The van der Waals surface area contributed by atoms with E-state index in [-0.39, 0.29) is 28.6 Å². The standard InChI is InChI=1S/C16H26N4O2S2/c1-9(17-4)14(23)19-10-6-7-24-11-8-16(2,3)12(13(21)18-5)20(11)15(10)22/h9-12,17H,5-8H2,1-4H3,(H,19,23)/t9-,10-,11-,12+/m0/s1. The maximum atomic E-state index is 13.1. The average Bonchev–Trinajstić information content (AvgIpc) is 2.73. The number of amides is 2. The highest BCUT2D eigenvalue weighted by Gasteiger charge is 2.54. The van der Waals surface area contributed by atoms with Crippen molar-refractivity contribution in [2.45, 2.75) is 57.1 Å². The molecule has 0 aromatic carbocycles. The Labute approximate surface area is 153 Å². The highest BCUT2D eigenvalue weighted by molar-refractivity contribution is 7.99. The lowest BCUT2D eigenvalue weighted by atomic mass is 9.84. The van der Waals surface area contributed by atoms with Crippen LogP contribution in [0.3, 0.4) is 0 Å². The van der Waals surface area contributed by atoms with Gasteiger partial charge in [-0.1, -0.05) is 26.1 Å². The van der Waals surface area contributed by atoms with Crippen LogP contribution in [0.4, 0.5) is 0 Å². The van der Waals surface area contributed by atoms with Crippen molar-refractivity contribution in [1.29, 1.82) is 0 Å². The molecule has 2 rings (SSSR count). The molecule has 2 fully saturated rings. The number of thiocarbonyl (C=S) groups is 1. The molecule has 0 radical (unpaired) electrons. The number of rotatable bonds is 4. The zero-order valence-electron chi connectivity index (χ0n) is 14.7. The molecule has 134 valence electrons. The van der Waals surface area contributed by atoms with E-state index in [0.717, 1.165) is 12.2 Å². The molecule has 0 spiro atoms. The zero-order valence-corrected chi connectivity index (χ0v) is 16.3. The first-order chi connectivity index (χ1) is 11.2. The van der Waals surface area contributed by atoms with Gasteiger partial charge in [0.1, 0.15) is 12.1 Å². The molecule has 0 aromatic heterocycles. The highest BCUT2D eigenvalue weighted by atomic mass is 32.2. The molecule has 0 unspecified atom stereocenters. The Hall–Kier alpha value is -0.990. The van der Waals surface area contributed by atoms with Gasteiger partial charge in [0, 0.05) is 0 Å². The monoisotopic (exact) mass is 370 g/mol. The van der Waals surface area contributed by atoms with Crippen molar-refractivity contribution in [3.63, 3.8) is 0 Å². The number of carbonyl (C=O) groups excluding carboxylic acids is 2. The lowest BCUT2D eigenvalue weighted by Crippen LogP contribution is -2.55. The van der Waals surface area contributed by atoms with Crippen LogP contribution in [-0.2, 0) is 9.59 Å². The maximum absolute atomic E-state index is 13.1. The van der Waals surface area contributed by atoms with E-state index in [1.165, 1.54) is 0 Å². The van der Waals surface area contributed by atoms with E-state index >= 15 is 0 Å². The largest absolute Gasteiger partial charge is 0.367 e. The van der Waals surface area contributed by atoms with E-state index in [4.69, 9.17) is 12.2 Å². The fraction of sp³-hybridized carbons (Fsp3) is 0.750. The number of nitrogens with zero attached hydrogens (tertiary/aromatic N) is 2. The molecule has 2 N–H and O–H groups in total. The van der Waals surface area contributed by atoms with E-state index < -0.39 is 12.1 Å². The number of carbonyl (C=O) groups is 2. The van der Waals surface area contributed by atoms with Crippen molar-refractivity contribution in [3.05, 3.63) is 0 Å². The summed E-state index contributed by atoms with van der Waals surface area (Å²) in [5, 5.41) is 6.26. The third-order valence-corrected chi connectivity index (χ3v) is 6.55. The molecule has 8 heteroatoms. The van der Waals surface area contributed by atoms with E-state index in [0.29, 0.717) is 11.4 Å². The van der Waals surface area contributed by atoms with Crippen LogP contribution in [0.1, 0.15) is 33.6 Å². The van der Waals surface area contributed by atoms with Crippen molar-refractivity contribution in [2.24, 2.45) is 10.4 Å². The molecule has 2 aliphatic heterocycles. The van der Waals surface area contributed by atoms with Gasteiger partial charge in [0.2, 0.25) is 5.91 Å². The van der Waals surface area contributed by atoms with Gasteiger partial charge in [-0.15, -0.1) is 11.8 Å². The number of nitrogens with one attached hydrogen (secondary N) is 2. The van der Waals surface area contributed by atoms with Gasteiger partial charge in [-0.3, -0.25) is 9.59 Å². The van der Waals surface area contributed by atoms with Crippen LogP contribution in [0.15, 0.2) is 4.99 Å². The predicted molar refractivity (Wildman–Crippen MR) is 102 cm³/mol. The van der Waals surface area contributed by atoms with Gasteiger partial charge < -0.3 is 15.5 Å². The van der Waals surface area contributed by atoms with Gasteiger partial charge in [-0.05, 0) is 44.7 Å². The third kappa shape index (κ3) is 3.65. The Morgan fingerprint density at radius 3 is 2.79 bits per heavy atom. The van der Waals surface area contributed by atoms with Crippen LogP contribution in [-0.4, -0.2) is 64.7 Å². The summed E-state index contributed by atoms with van der Waals surface area (Å²) in [5.74, 6) is 0.450. The molecule has 2 amide bonds. The molecule has 0 aromatic rings. The van der Waals surface area contributed by atoms with Crippen LogP contribution >= 0.6 is 24.0 Å². The summed E-state index contributed by atoms with van der Waals surface area (Å²) in [6.07, 6.45) is 1.47. The van der Waals surface area contributed by atoms with Gasteiger partial charge >= 0.3 is 0 Å². The van der Waals surface area contributed by atoms with Crippen molar-refractivity contribution < 1.29 is 9.59 Å². The predicted octanol–water partition coefficient (Wildman–Crippen LogP) is 1.20. The zero-order chi connectivity index (χ0) is 18.1. The van der Waals surface area contributed by atoms with Crippen molar-refractivity contribution in [1.82, 2.24) is 15.5 Å². The fourth-order valence-electron chi connectivity index (χ4n) is 3.34. The lowest BCUT2D eigenvalue weighted by Gasteiger charge is -2.33. The Morgan fingerprint density at radius 2 is 2.21 bits per heavy atom. The number of hydrogen-bond acceptors (Lipinski definition) is 5. The number of aliphatic imine (C=N–C) groups is 1. The molecule has 4 atom stereocenters. The molecule has 6 nitrogen and oxygen atoms in total. The second kappa shape index (κ2) is 7.49. The second-order valence-corrected chi connectivity index (χ2v) is 8.75. The molecular formula is C16H26N4O2S2. The first-order valence-electron chi connectivity index (χ1n) is 8.15. The Morgan fingerprint density at radius 1 is 1.54 bits per heavy atom. The highest BCUT2D eigenvalue weighted by Crippen LogP contribution is 2.46. The Balaban J connectivity index is 2.26. The third-order valence-electron chi connectivity index (χ3n) is 4.83. The van der Waals surface area contributed by atoms with E-state index in [1.807, 2.05) is 27.8 Å². The molecule has 0 bridgehead atoms. The fourth-order valence-corrected chi connectivity index (χ4v) is 5.18. The molecule has 2 heterocycles. The lowest BCUT2D eigenvalue weighted by molar-refractivity contribution is -0.140. The summed E-state index contributed by atoms with van der Waals surface area (Å²) in [5.41, 5.74) is -0.313. The molecule has 0 saturated carbocycles. The number of fused-ring (bicyclic) bond motifs is 1.